The first-order valence-electron chi connectivity index (χ1n) is 17.5. The van der Waals surface area contributed by atoms with Crippen molar-refractivity contribution in [1.82, 2.24) is 14.5 Å². The third-order valence-electron chi connectivity index (χ3n) is 10.5. The summed E-state index contributed by atoms with van der Waals surface area (Å²) in [5.74, 6) is 0.627. The summed E-state index contributed by atoms with van der Waals surface area (Å²) in [6.45, 7) is 0. The number of allylic oxidation sites excluding steroid dienone is 4. The molecule has 3 heterocycles. The Morgan fingerprint density at radius 1 is 0.608 bits per heavy atom. The van der Waals surface area contributed by atoms with Gasteiger partial charge in [0.25, 0.3) is 0 Å². The van der Waals surface area contributed by atoms with E-state index in [2.05, 4.69) is 162 Å². The van der Waals surface area contributed by atoms with E-state index in [1.165, 1.54) is 5.57 Å². The predicted molar refractivity (Wildman–Crippen MR) is 215 cm³/mol. The number of benzene rings is 6. The second-order valence-corrected chi connectivity index (χ2v) is 16.4. The van der Waals surface area contributed by atoms with Crippen LogP contribution in [-0.4, -0.2) is 19.4 Å². The molecule has 8 aromatic rings. The van der Waals surface area contributed by atoms with E-state index >= 15 is 0 Å². The molecule has 10 rings (SSSR count). The minimum atomic E-state index is -3.59. The van der Waals surface area contributed by atoms with Gasteiger partial charge in [0.05, 0.1) is 0 Å². The standard InChI is InChI=1S/C46H34N3OP/c50-51(34-21-15-20-33(30-34)31-16-3-1-4-17-31)41-28-13-9-24-37(41)43-36-23-8-12-27-40(36)49(45(43)38-25-10-14-29-42(38)51)46-47-39-26-11-7-22-35(39)44(48-46)32-18-5-2-6-19-32/h1-5,7-18,20-30,50-51H,6,19H2. The Morgan fingerprint density at radius 2 is 1.29 bits per heavy atom. The summed E-state index contributed by atoms with van der Waals surface area (Å²) in [4.78, 5) is 24.4. The van der Waals surface area contributed by atoms with Crippen LogP contribution in [0.4, 0.5) is 0 Å². The maximum absolute atomic E-state index is 13.7. The van der Waals surface area contributed by atoms with Gasteiger partial charge >= 0.3 is 298 Å². The van der Waals surface area contributed by atoms with Crippen LogP contribution in [0, 0.1) is 0 Å². The average Bonchev–Trinajstić information content (AvgIpc) is 3.51. The molecule has 1 aliphatic carbocycles. The van der Waals surface area contributed by atoms with Crippen LogP contribution in [-0.2, 0) is 0 Å². The second-order valence-electron chi connectivity index (χ2n) is 13.4. The van der Waals surface area contributed by atoms with E-state index in [-0.39, 0.29) is 0 Å². The van der Waals surface area contributed by atoms with Crippen LogP contribution >= 0.6 is 7.49 Å². The van der Waals surface area contributed by atoms with Gasteiger partial charge in [0.2, 0.25) is 0 Å². The van der Waals surface area contributed by atoms with Gasteiger partial charge < -0.3 is 0 Å². The van der Waals surface area contributed by atoms with Crippen molar-refractivity contribution in [2.24, 2.45) is 0 Å². The average molecular weight is 676 g/mol. The summed E-state index contributed by atoms with van der Waals surface area (Å²) in [5, 5.41) is 5.03. The van der Waals surface area contributed by atoms with Crippen LogP contribution in [0.2, 0.25) is 0 Å². The number of hydrogen-bond acceptors (Lipinski definition) is 3. The van der Waals surface area contributed by atoms with Crippen molar-refractivity contribution in [3.05, 3.63) is 176 Å². The molecule has 0 saturated heterocycles. The molecule has 2 aromatic heterocycles. The second kappa shape index (κ2) is 11.8. The van der Waals surface area contributed by atoms with E-state index in [1.54, 1.807) is 0 Å². The van der Waals surface area contributed by atoms with Crippen LogP contribution in [0.3, 0.4) is 0 Å². The third-order valence-corrected chi connectivity index (χ3v) is 14.1. The van der Waals surface area contributed by atoms with Crippen molar-refractivity contribution >= 4 is 50.8 Å². The Bertz CT molecular complexity index is 2730. The number of aromatic nitrogens is 3. The van der Waals surface area contributed by atoms with E-state index in [4.69, 9.17) is 9.97 Å². The molecule has 0 saturated carbocycles. The van der Waals surface area contributed by atoms with Gasteiger partial charge in [-0.3, -0.25) is 0 Å². The fraction of sp³-hybridized carbons (Fsp3) is 0.0435. The van der Waals surface area contributed by atoms with Crippen molar-refractivity contribution in [3.8, 4) is 39.5 Å². The van der Waals surface area contributed by atoms with Gasteiger partial charge in [-0.15, -0.1) is 0 Å². The van der Waals surface area contributed by atoms with Gasteiger partial charge in [-0.2, -0.15) is 0 Å². The topological polar surface area (TPSA) is 50.9 Å². The van der Waals surface area contributed by atoms with Crippen LogP contribution in [0.25, 0.3) is 66.8 Å². The molecule has 6 aromatic carbocycles. The molecule has 0 bridgehead atoms. The van der Waals surface area contributed by atoms with Gasteiger partial charge in [-0.05, 0) is 0 Å². The molecule has 1 aliphatic heterocycles. The molecule has 0 fully saturated rings. The van der Waals surface area contributed by atoms with Gasteiger partial charge in [0, 0.05) is 0 Å². The molecule has 0 radical (unpaired) electrons. The van der Waals surface area contributed by atoms with Gasteiger partial charge in [0.1, 0.15) is 0 Å². The molecule has 2 aliphatic rings. The Balaban J connectivity index is 1.32. The van der Waals surface area contributed by atoms with E-state index in [9.17, 15) is 4.89 Å². The number of hydrogen-bond donors (Lipinski definition) is 1. The normalized spacial score (nSPS) is 15.0. The Hall–Kier alpha value is -5.93. The van der Waals surface area contributed by atoms with Crippen LogP contribution in [0.15, 0.2) is 170 Å². The van der Waals surface area contributed by atoms with Gasteiger partial charge in [0.15, 0.2) is 0 Å². The van der Waals surface area contributed by atoms with Crippen molar-refractivity contribution in [1.29, 1.82) is 0 Å². The zero-order valence-electron chi connectivity index (χ0n) is 27.9. The zero-order chi connectivity index (χ0) is 33.9. The number of nitrogens with zero attached hydrogens (tertiary/aromatic N) is 3. The minimum absolute atomic E-state index is 0.627. The Kier molecular flexibility index (Phi) is 6.95. The fourth-order valence-corrected chi connectivity index (χ4v) is 11.7. The van der Waals surface area contributed by atoms with E-state index in [0.717, 1.165) is 89.8 Å². The molecule has 5 heteroatoms. The number of fused-ring (bicyclic) bond motifs is 8. The molecule has 0 spiro atoms. The number of rotatable bonds is 4. The first-order valence-corrected chi connectivity index (χ1v) is 19.5. The molecule has 0 atom stereocenters. The summed E-state index contributed by atoms with van der Waals surface area (Å²) >= 11 is 0. The van der Waals surface area contributed by atoms with Crippen molar-refractivity contribution in [3.63, 3.8) is 0 Å². The van der Waals surface area contributed by atoms with E-state index < -0.39 is 7.49 Å². The first-order chi connectivity index (χ1) is 25.2. The summed E-state index contributed by atoms with van der Waals surface area (Å²) < 4.78 is 2.25. The molecule has 0 amide bonds. The van der Waals surface area contributed by atoms with Crippen molar-refractivity contribution in [2.45, 2.75) is 12.8 Å². The first kappa shape index (κ1) is 29.9. The van der Waals surface area contributed by atoms with Crippen LogP contribution < -0.4 is 15.9 Å². The summed E-state index contributed by atoms with van der Waals surface area (Å²) in [6.07, 6.45) is 8.45. The zero-order valence-corrected chi connectivity index (χ0v) is 28.9. The Labute approximate surface area is 297 Å². The quantitative estimate of drug-likeness (QED) is 0.189. The van der Waals surface area contributed by atoms with Crippen LogP contribution in [0.1, 0.15) is 18.5 Å². The summed E-state index contributed by atoms with van der Waals surface area (Å²) in [5.41, 5.74) is 10.5. The number of para-hydroxylation sites is 2. The predicted octanol–water partition coefficient (Wildman–Crippen LogP) is 9.55. The van der Waals surface area contributed by atoms with Crippen molar-refractivity contribution < 1.29 is 4.89 Å². The van der Waals surface area contributed by atoms with Crippen molar-refractivity contribution in [2.75, 3.05) is 0 Å². The van der Waals surface area contributed by atoms with Gasteiger partial charge in [-0.25, -0.2) is 0 Å². The monoisotopic (exact) mass is 675 g/mol. The SMILES string of the molecule is O[PH]1(c2cccc(-c3ccccc3)c2)c2ccccc2-c2c(n(-c3nc(C4=CC=CCC4)c4ccccc4n3)c3ccccc23)-c2ccccc21. The molecule has 1 N–H and O–H groups in total. The molecule has 51 heavy (non-hydrogen) atoms. The van der Waals surface area contributed by atoms with Crippen LogP contribution in [0.5, 0.6) is 0 Å². The molecule has 0 unspecified atom stereocenters. The van der Waals surface area contributed by atoms with E-state index in [0.29, 0.717) is 5.95 Å². The van der Waals surface area contributed by atoms with Gasteiger partial charge in [-0.1, -0.05) is 0 Å². The molecule has 244 valence electrons. The summed E-state index contributed by atoms with van der Waals surface area (Å²) in [7, 11) is -3.59. The molecule has 4 nitrogen and oxygen atoms in total. The molecular formula is C46H34N3OP. The molecular weight excluding hydrogens is 642 g/mol. The third kappa shape index (κ3) is 4.61. The maximum atomic E-state index is 13.7. The summed E-state index contributed by atoms with van der Waals surface area (Å²) in [6, 6.07) is 52.8. The fourth-order valence-electron chi connectivity index (χ4n) is 8.22. The van der Waals surface area contributed by atoms with E-state index in [1.807, 2.05) is 12.1 Å². The Morgan fingerprint density at radius 3 is 2.12 bits per heavy atom.